The van der Waals surface area contributed by atoms with Gasteiger partial charge >= 0.3 is 0 Å². The van der Waals surface area contributed by atoms with Gasteiger partial charge in [0, 0.05) is 29.7 Å². The second-order valence-electron chi connectivity index (χ2n) is 6.17. The molecule has 4 rings (SSSR count). The number of thioether (sulfide) groups is 1. The SMILES string of the molecule is O=C(CSc1nnc(-c2ccncc2)n1Cc1ccco1)Nc1ccc(F)c(F)c1. The van der Waals surface area contributed by atoms with Gasteiger partial charge in [-0.05, 0) is 36.4 Å². The van der Waals surface area contributed by atoms with Crippen LogP contribution in [0.4, 0.5) is 14.5 Å². The number of benzene rings is 1. The van der Waals surface area contributed by atoms with Crippen molar-refractivity contribution in [2.75, 3.05) is 11.1 Å². The van der Waals surface area contributed by atoms with E-state index in [2.05, 4.69) is 20.5 Å². The van der Waals surface area contributed by atoms with Crippen LogP contribution in [0.25, 0.3) is 11.4 Å². The summed E-state index contributed by atoms with van der Waals surface area (Å²) in [6, 6.07) is 10.4. The first-order valence-electron chi connectivity index (χ1n) is 8.84. The summed E-state index contributed by atoms with van der Waals surface area (Å²) in [5.41, 5.74) is 0.996. The highest BCUT2D eigenvalue weighted by Gasteiger charge is 2.17. The highest BCUT2D eigenvalue weighted by atomic mass is 32.2. The number of carbonyl (C=O) groups excluding carboxylic acids is 1. The van der Waals surface area contributed by atoms with E-state index in [1.54, 1.807) is 24.7 Å². The predicted molar refractivity (Wildman–Crippen MR) is 107 cm³/mol. The first-order chi connectivity index (χ1) is 14.6. The maximum absolute atomic E-state index is 13.3. The van der Waals surface area contributed by atoms with Crippen LogP contribution < -0.4 is 5.32 Å². The van der Waals surface area contributed by atoms with Crippen LogP contribution in [0.1, 0.15) is 5.76 Å². The number of aromatic nitrogens is 4. The zero-order valence-electron chi connectivity index (χ0n) is 15.5. The second kappa shape index (κ2) is 8.87. The number of halogens is 2. The monoisotopic (exact) mass is 427 g/mol. The molecule has 0 spiro atoms. The summed E-state index contributed by atoms with van der Waals surface area (Å²) in [7, 11) is 0. The molecule has 0 saturated heterocycles. The van der Waals surface area contributed by atoms with Crippen LogP contribution in [0.2, 0.25) is 0 Å². The molecule has 0 aliphatic heterocycles. The zero-order chi connectivity index (χ0) is 20.9. The molecule has 1 amide bonds. The van der Waals surface area contributed by atoms with Crippen molar-refractivity contribution in [3.05, 3.63) is 78.5 Å². The third-order valence-corrected chi connectivity index (χ3v) is 5.05. The largest absolute Gasteiger partial charge is 0.467 e. The number of anilines is 1. The third kappa shape index (κ3) is 4.54. The Morgan fingerprint density at radius 1 is 1.10 bits per heavy atom. The van der Waals surface area contributed by atoms with E-state index in [4.69, 9.17) is 4.42 Å². The number of furan rings is 1. The molecule has 0 radical (unpaired) electrons. The molecule has 0 atom stereocenters. The number of carbonyl (C=O) groups is 1. The van der Waals surface area contributed by atoms with Crippen molar-refractivity contribution in [3.63, 3.8) is 0 Å². The molecule has 7 nitrogen and oxygen atoms in total. The lowest BCUT2D eigenvalue weighted by Crippen LogP contribution is -2.15. The number of amides is 1. The summed E-state index contributed by atoms with van der Waals surface area (Å²) >= 11 is 1.17. The van der Waals surface area contributed by atoms with Crippen molar-refractivity contribution in [1.29, 1.82) is 0 Å². The minimum atomic E-state index is -1.03. The number of nitrogens with zero attached hydrogens (tertiary/aromatic N) is 4. The average Bonchev–Trinajstić information content (AvgIpc) is 3.40. The van der Waals surface area contributed by atoms with Crippen molar-refractivity contribution in [2.24, 2.45) is 0 Å². The lowest BCUT2D eigenvalue weighted by molar-refractivity contribution is -0.113. The van der Waals surface area contributed by atoms with Crippen LogP contribution in [0.5, 0.6) is 0 Å². The second-order valence-corrected chi connectivity index (χ2v) is 7.12. The topological polar surface area (TPSA) is 85.8 Å². The molecule has 4 aromatic rings. The van der Waals surface area contributed by atoms with Crippen LogP contribution in [-0.2, 0) is 11.3 Å². The number of nitrogens with one attached hydrogen (secondary N) is 1. The van der Waals surface area contributed by atoms with Crippen LogP contribution >= 0.6 is 11.8 Å². The zero-order valence-corrected chi connectivity index (χ0v) is 16.3. The maximum atomic E-state index is 13.3. The molecule has 0 unspecified atom stereocenters. The minimum Gasteiger partial charge on any atom is -0.467 e. The molecular formula is C20H15F2N5O2S. The summed E-state index contributed by atoms with van der Waals surface area (Å²) in [5.74, 6) is -1.07. The van der Waals surface area contributed by atoms with E-state index in [0.717, 1.165) is 17.7 Å². The van der Waals surface area contributed by atoms with Gasteiger partial charge in [-0.25, -0.2) is 8.78 Å². The lowest BCUT2D eigenvalue weighted by Gasteiger charge is -2.09. The van der Waals surface area contributed by atoms with Gasteiger partial charge < -0.3 is 9.73 Å². The van der Waals surface area contributed by atoms with Gasteiger partial charge in [0.05, 0.1) is 18.6 Å². The van der Waals surface area contributed by atoms with Crippen LogP contribution in [-0.4, -0.2) is 31.4 Å². The third-order valence-electron chi connectivity index (χ3n) is 4.09. The fourth-order valence-electron chi connectivity index (χ4n) is 2.71. The molecule has 0 aliphatic rings. The molecular weight excluding hydrogens is 412 g/mol. The lowest BCUT2D eigenvalue weighted by atomic mass is 10.2. The Bertz CT molecular complexity index is 1150. The Hall–Kier alpha value is -3.53. The summed E-state index contributed by atoms with van der Waals surface area (Å²) in [5, 5.41) is 11.5. The van der Waals surface area contributed by atoms with Crippen molar-refractivity contribution in [3.8, 4) is 11.4 Å². The van der Waals surface area contributed by atoms with Gasteiger partial charge in [0.25, 0.3) is 0 Å². The molecule has 0 fully saturated rings. The van der Waals surface area contributed by atoms with Gasteiger partial charge in [0.15, 0.2) is 22.6 Å². The molecule has 30 heavy (non-hydrogen) atoms. The van der Waals surface area contributed by atoms with Gasteiger partial charge in [-0.15, -0.1) is 10.2 Å². The van der Waals surface area contributed by atoms with Gasteiger partial charge in [0.1, 0.15) is 5.76 Å². The highest BCUT2D eigenvalue weighted by molar-refractivity contribution is 7.99. The number of pyridine rings is 1. The molecule has 3 aromatic heterocycles. The Labute approximate surface area is 174 Å². The Kier molecular flexibility index (Phi) is 5.84. The van der Waals surface area contributed by atoms with Crippen LogP contribution in [0, 0.1) is 11.6 Å². The first kappa shape index (κ1) is 19.8. The predicted octanol–water partition coefficient (Wildman–Crippen LogP) is 3.99. The molecule has 0 bridgehead atoms. The molecule has 3 heterocycles. The highest BCUT2D eigenvalue weighted by Crippen LogP contribution is 2.25. The van der Waals surface area contributed by atoms with Crippen molar-refractivity contribution >= 4 is 23.4 Å². The van der Waals surface area contributed by atoms with E-state index in [9.17, 15) is 13.6 Å². The number of hydrogen-bond donors (Lipinski definition) is 1. The van der Waals surface area contributed by atoms with Gasteiger partial charge in [0.2, 0.25) is 5.91 Å². The van der Waals surface area contributed by atoms with Gasteiger partial charge in [-0.3, -0.25) is 14.3 Å². The van der Waals surface area contributed by atoms with Crippen molar-refractivity contribution < 1.29 is 18.0 Å². The first-order valence-corrected chi connectivity index (χ1v) is 9.82. The minimum absolute atomic E-state index is 0.00558. The van der Waals surface area contributed by atoms with Crippen LogP contribution in [0.3, 0.4) is 0 Å². The van der Waals surface area contributed by atoms with Crippen molar-refractivity contribution in [1.82, 2.24) is 19.7 Å². The molecule has 10 heteroatoms. The standard InChI is InChI=1S/C20H15F2N5O2S/c21-16-4-3-14(10-17(16)22)24-18(28)12-30-20-26-25-19(13-5-7-23-8-6-13)27(20)11-15-2-1-9-29-15/h1-10H,11-12H2,(H,24,28). The van der Waals surface area contributed by atoms with E-state index in [1.807, 2.05) is 22.8 Å². The maximum Gasteiger partial charge on any atom is 0.234 e. The average molecular weight is 427 g/mol. The van der Waals surface area contributed by atoms with E-state index >= 15 is 0 Å². The summed E-state index contributed by atoms with van der Waals surface area (Å²) in [6.45, 7) is 0.380. The fourth-order valence-corrected chi connectivity index (χ4v) is 3.45. The smallest absolute Gasteiger partial charge is 0.234 e. The van der Waals surface area contributed by atoms with E-state index in [0.29, 0.717) is 23.3 Å². The molecule has 152 valence electrons. The number of rotatable bonds is 7. The van der Waals surface area contributed by atoms with E-state index in [1.165, 1.54) is 17.8 Å². The molecule has 0 aliphatic carbocycles. The Morgan fingerprint density at radius 2 is 1.93 bits per heavy atom. The molecule has 1 N–H and O–H groups in total. The fraction of sp³-hybridized carbons (Fsp3) is 0.100. The van der Waals surface area contributed by atoms with Gasteiger partial charge in [-0.2, -0.15) is 0 Å². The molecule has 0 saturated carbocycles. The van der Waals surface area contributed by atoms with Crippen molar-refractivity contribution in [2.45, 2.75) is 11.7 Å². The number of hydrogen-bond acceptors (Lipinski definition) is 6. The summed E-state index contributed by atoms with van der Waals surface area (Å²) in [6.07, 6.45) is 4.89. The Morgan fingerprint density at radius 3 is 2.67 bits per heavy atom. The summed E-state index contributed by atoms with van der Waals surface area (Å²) < 4.78 is 33.6. The van der Waals surface area contributed by atoms with Crippen LogP contribution in [0.15, 0.2) is 70.7 Å². The van der Waals surface area contributed by atoms with Gasteiger partial charge in [-0.1, -0.05) is 11.8 Å². The molecule has 1 aromatic carbocycles. The Balaban J connectivity index is 1.51. The quantitative estimate of drug-likeness (QED) is 0.449. The normalized spacial score (nSPS) is 10.9. The summed E-state index contributed by atoms with van der Waals surface area (Å²) in [4.78, 5) is 16.3. The van der Waals surface area contributed by atoms with E-state index < -0.39 is 11.6 Å². The van der Waals surface area contributed by atoms with E-state index in [-0.39, 0.29) is 17.3 Å².